The van der Waals surface area contributed by atoms with Crippen LogP contribution < -0.4 is 9.62 Å². The Labute approximate surface area is 212 Å². The lowest BCUT2D eigenvalue weighted by atomic mass is 10.1. The third-order valence-corrected chi connectivity index (χ3v) is 7.06. The second-order valence-corrected chi connectivity index (χ2v) is 11.1. The molecule has 0 aromatic heterocycles. The van der Waals surface area contributed by atoms with Gasteiger partial charge in [-0.05, 0) is 51.5 Å². The van der Waals surface area contributed by atoms with Crippen LogP contribution in [0.15, 0.2) is 42.5 Å². The van der Waals surface area contributed by atoms with Crippen molar-refractivity contribution in [3.8, 4) is 0 Å². The Hall–Kier alpha value is -2.29. The number of amides is 2. The van der Waals surface area contributed by atoms with Crippen LogP contribution in [0, 0.1) is 6.92 Å². The smallest absolute Gasteiger partial charge is 0.244 e. The molecule has 0 unspecified atom stereocenters. The Bertz CT molecular complexity index is 1100. The van der Waals surface area contributed by atoms with E-state index in [0.29, 0.717) is 27.7 Å². The monoisotopic (exact) mass is 527 g/mol. The van der Waals surface area contributed by atoms with Crippen LogP contribution in [0.4, 0.5) is 5.69 Å². The van der Waals surface area contributed by atoms with E-state index >= 15 is 0 Å². The zero-order valence-corrected chi connectivity index (χ0v) is 22.3. The van der Waals surface area contributed by atoms with Crippen molar-refractivity contribution >= 4 is 50.7 Å². The third kappa shape index (κ3) is 7.35. The number of carbonyl (C=O) groups excluding carboxylic acids is 2. The van der Waals surface area contributed by atoms with E-state index in [2.05, 4.69) is 5.32 Å². The molecule has 0 heterocycles. The van der Waals surface area contributed by atoms with Gasteiger partial charge in [-0.3, -0.25) is 13.9 Å². The molecule has 0 spiro atoms. The maximum Gasteiger partial charge on any atom is 0.244 e. The highest BCUT2D eigenvalue weighted by molar-refractivity contribution is 7.92. The summed E-state index contributed by atoms with van der Waals surface area (Å²) in [4.78, 5) is 27.9. The molecule has 2 aromatic rings. The van der Waals surface area contributed by atoms with E-state index in [1.807, 2.05) is 20.8 Å². The first-order chi connectivity index (χ1) is 15.8. The molecule has 0 radical (unpaired) electrons. The molecule has 10 heteroatoms. The third-order valence-electron chi connectivity index (χ3n) is 5.21. The van der Waals surface area contributed by atoms with Gasteiger partial charge in [-0.25, -0.2) is 8.42 Å². The molecule has 2 amide bonds. The van der Waals surface area contributed by atoms with Crippen molar-refractivity contribution in [3.05, 3.63) is 63.6 Å². The van der Waals surface area contributed by atoms with Crippen molar-refractivity contribution in [1.82, 2.24) is 10.2 Å². The largest absolute Gasteiger partial charge is 0.352 e. The number of sulfonamides is 1. The standard InChI is InChI=1S/C24H31Cl2N3O4S/c1-6-22(24(31)27-16(2)3)28(14-19-20(25)8-7-9-21(19)26)23(30)15-29(34(5,32)33)18-12-10-17(4)11-13-18/h7-13,16,22H,6,14-15H2,1-5H3,(H,27,31)/t22-/m0/s1. The van der Waals surface area contributed by atoms with E-state index in [-0.39, 0.29) is 18.5 Å². The summed E-state index contributed by atoms with van der Waals surface area (Å²) in [7, 11) is -3.79. The summed E-state index contributed by atoms with van der Waals surface area (Å²) in [6, 6.07) is 10.8. The molecule has 2 aromatic carbocycles. The van der Waals surface area contributed by atoms with Crippen molar-refractivity contribution in [1.29, 1.82) is 0 Å². The normalized spacial score (nSPS) is 12.4. The highest BCUT2D eigenvalue weighted by atomic mass is 35.5. The summed E-state index contributed by atoms with van der Waals surface area (Å²) in [5, 5.41) is 3.53. The highest BCUT2D eigenvalue weighted by Gasteiger charge is 2.32. The van der Waals surface area contributed by atoms with E-state index in [0.717, 1.165) is 16.1 Å². The van der Waals surface area contributed by atoms with Gasteiger partial charge >= 0.3 is 0 Å². The van der Waals surface area contributed by atoms with E-state index < -0.39 is 28.5 Å². The van der Waals surface area contributed by atoms with Gasteiger partial charge in [-0.1, -0.05) is 53.9 Å². The van der Waals surface area contributed by atoms with Gasteiger partial charge < -0.3 is 10.2 Å². The van der Waals surface area contributed by atoms with Crippen molar-refractivity contribution < 1.29 is 18.0 Å². The van der Waals surface area contributed by atoms with E-state index in [4.69, 9.17) is 23.2 Å². The Morgan fingerprint density at radius 2 is 1.59 bits per heavy atom. The summed E-state index contributed by atoms with van der Waals surface area (Å²) in [6.45, 7) is 6.79. The van der Waals surface area contributed by atoms with E-state index in [9.17, 15) is 18.0 Å². The van der Waals surface area contributed by atoms with Crippen LogP contribution in [0.25, 0.3) is 0 Å². The topological polar surface area (TPSA) is 86.8 Å². The molecule has 0 aliphatic carbocycles. The lowest BCUT2D eigenvalue weighted by Gasteiger charge is -2.33. The Morgan fingerprint density at radius 1 is 1.03 bits per heavy atom. The summed E-state index contributed by atoms with van der Waals surface area (Å²) in [5.41, 5.74) is 1.79. The van der Waals surface area contributed by atoms with Crippen molar-refractivity contribution in [2.45, 2.75) is 52.7 Å². The second kappa shape index (κ2) is 11.9. The van der Waals surface area contributed by atoms with Crippen molar-refractivity contribution in [2.24, 2.45) is 0 Å². The number of benzene rings is 2. The zero-order chi connectivity index (χ0) is 25.6. The molecule has 34 heavy (non-hydrogen) atoms. The molecule has 1 atom stereocenters. The number of hydrogen-bond acceptors (Lipinski definition) is 4. The fourth-order valence-electron chi connectivity index (χ4n) is 3.48. The highest BCUT2D eigenvalue weighted by Crippen LogP contribution is 2.27. The van der Waals surface area contributed by atoms with E-state index in [1.54, 1.807) is 49.4 Å². The van der Waals surface area contributed by atoms with Crippen molar-refractivity contribution in [2.75, 3.05) is 17.1 Å². The van der Waals surface area contributed by atoms with Gasteiger partial charge in [0.25, 0.3) is 0 Å². The van der Waals surface area contributed by atoms with Gasteiger partial charge in [0.2, 0.25) is 21.8 Å². The van der Waals surface area contributed by atoms with Crippen LogP contribution in [-0.4, -0.2) is 50.0 Å². The molecule has 2 rings (SSSR count). The predicted octanol–water partition coefficient (Wildman–Crippen LogP) is 4.40. The van der Waals surface area contributed by atoms with E-state index in [1.165, 1.54) is 4.90 Å². The fourth-order valence-corrected chi connectivity index (χ4v) is 4.85. The number of carbonyl (C=O) groups is 2. The lowest BCUT2D eigenvalue weighted by Crippen LogP contribution is -2.53. The second-order valence-electron chi connectivity index (χ2n) is 8.41. The number of nitrogens with zero attached hydrogens (tertiary/aromatic N) is 2. The van der Waals surface area contributed by atoms with Crippen LogP contribution in [-0.2, 0) is 26.2 Å². The molecule has 7 nitrogen and oxygen atoms in total. The zero-order valence-electron chi connectivity index (χ0n) is 20.0. The number of anilines is 1. The van der Waals surface area contributed by atoms with Crippen molar-refractivity contribution in [3.63, 3.8) is 0 Å². The quantitative estimate of drug-likeness (QED) is 0.495. The summed E-state index contributed by atoms with van der Waals surface area (Å²) < 4.78 is 26.2. The summed E-state index contributed by atoms with van der Waals surface area (Å²) in [6.07, 6.45) is 1.36. The van der Waals surface area contributed by atoms with Gasteiger partial charge in [-0.15, -0.1) is 0 Å². The van der Waals surface area contributed by atoms with Gasteiger partial charge in [-0.2, -0.15) is 0 Å². The molecule has 1 N–H and O–H groups in total. The Morgan fingerprint density at radius 3 is 2.06 bits per heavy atom. The minimum atomic E-state index is -3.79. The fraction of sp³-hybridized carbons (Fsp3) is 0.417. The minimum absolute atomic E-state index is 0.0487. The number of nitrogens with one attached hydrogen (secondary N) is 1. The van der Waals surface area contributed by atoms with Crippen LogP contribution in [0.3, 0.4) is 0 Å². The predicted molar refractivity (Wildman–Crippen MR) is 138 cm³/mol. The molecule has 0 aliphatic rings. The molecule has 186 valence electrons. The molecular weight excluding hydrogens is 497 g/mol. The van der Waals surface area contributed by atoms with Gasteiger partial charge in [0.15, 0.2) is 0 Å². The summed E-state index contributed by atoms with van der Waals surface area (Å²) >= 11 is 12.7. The number of rotatable bonds is 10. The molecule has 0 fully saturated rings. The summed E-state index contributed by atoms with van der Waals surface area (Å²) in [5.74, 6) is -0.886. The van der Waals surface area contributed by atoms with Crippen LogP contribution in [0.2, 0.25) is 10.0 Å². The first kappa shape index (κ1) is 28.0. The maximum atomic E-state index is 13.6. The number of hydrogen-bond donors (Lipinski definition) is 1. The first-order valence-electron chi connectivity index (χ1n) is 10.9. The molecule has 0 bridgehead atoms. The molecule has 0 aliphatic heterocycles. The average molecular weight is 529 g/mol. The first-order valence-corrected chi connectivity index (χ1v) is 13.5. The average Bonchev–Trinajstić information content (AvgIpc) is 2.73. The Balaban J connectivity index is 2.49. The minimum Gasteiger partial charge on any atom is -0.352 e. The van der Waals surface area contributed by atoms with Gasteiger partial charge in [0.1, 0.15) is 12.6 Å². The van der Waals surface area contributed by atoms with Gasteiger partial charge in [0, 0.05) is 28.2 Å². The van der Waals surface area contributed by atoms with Crippen LogP contribution in [0.1, 0.15) is 38.3 Å². The molecule has 0 saturated heterocycles. The number of halogens is 2. The SMILES string of the molecule is CC[C@@H](C(=O)NC(C)C)N(Cc1c(Cl)cccc1Cl)C(=O)CN(c1ccc(C)cc1)S(C)(=O)=O. The van der Waals surface area contributed by atoms with Gasteiger partial charge in [0.05, 0.1) is 11.9 Å². The lowest BCUT2D eigenvalue weighted by molar-refractivity contribution is -0.140. The maximum absolute atomic E-state index is 13.6. The molecule has 0 saturated carbocycles. The van der Waals surface area contributed by atoms with Crippen LogP contribution in [0.5, 0.6) is 0 Å². The van der Waals surface area contributed by atoms with Crippen LogP contribution >= 0.6 is 23.2 Å². The molecular formula is C24H31Cl2N3O4S. The number of aryl methyl sites for hydroxylation is 1. The Kier molecular flexibility index (Phi) is 9.79.